The summed E-state index contributed by atoms with van der Waals surface area (Å²) >= 11 is 1.83. The van der Waals surface area contributed by atoms with Crippen molar-refractivity contribution in [3.63, 3.8) is 0 Å². The molecule has 0 saturated carbocycles. The van der Waals surface area contributed by atoms with Gasteiger partial charge in [0.2, 0.25) is 0 Å². The molecular formula is C14H16S. The molecule has 0 aliphatic heterocycles. The monoisotopic (exact) mass is 216 g/mol. The maximum Gasteiger partial charge on any atom is 0.0380 e. The molecular weight excluding hydrogens is 200 g/mol. The van der Waals surface area contributed by atoms with Gasteiger partial charge in [0, 0.05) is 4.88 Å². The Bertz CT molecular complexity index is 432. The van der Waals surface area contributed by atoms with Gasteiger partial charge in [0.15, 0.2) is 0 Å². The lowest BCUT2D eigenvalue weighted by Crippen LogP contribution is -2.10. The SMILES string of the molecule is CC(C)(C)c1ccsc1-c1ccccc1. The standard InChI is InChI=1S/C14H16S/c1-14(2,3)12-9-10-15-13(12)11-7-5-4-6-8-11/h4-10H,1-3H3. The second-order valence-electron chi connectivity index (χ2n) is 4.78. The minimum Gasteiger partial charge on any atom is -0.144 e. The first kappa shape index (κ1) is 10.4. The molecule has 1 aromatic carbocycles. The Hall–Kier alpha value is -1.08. The van der Waals surface area contributed by atoms with Gasteiger partial charge in [-0.2, -0.15) is 0 Å². The fourth-order valence-electron chi connectivity index (χ4n) is 1.71. The van der Waals surface area contributed by atoms with Crippen molar-refractivity contribution in [3.8, 4) is 10.4 Å². The van der Waals surface area contributed by atoms with Crippen molar-refractivity contribution in [2.45, 2.75) is 26.2 Å². The molecule has 1 aromatic heterocycles. The highest BCUT2D eigenvalue weighted by Crippen LogP contribution is 2.36. The van der Waals surface area contributed by atoms with Crippen LogP contribution in [0, 0.1) is 0 Å². The van der Waals surface area contributed by atoms with Crippen molar-refractivity contribution in [2.24, 2.45) is 0 Å². The Balaban J connectivity index is 2.51. The first-order valence-corrected chi connectivity index (χ1v) is 6.10. The molecule has 0 aliphatic carbocycles. The van der Waals surface area contributed by atoms with E-state index in [9.17, 15) is 0 Å². The predicted octanol–water partition coefficient (Wildman–Crippen LogP) is 4.71. The topological polar surface area (TPSA) is 0 Å². The van der Waals surface area contributed by atoms with Gasteiger partial charge in [-0.1, -0.05) is 51.1 Å². The number of rotatable bonds is 1. The van der Waals surface area contributed by atoms with Crippen LogP contribution in [0.4, 0.5) is 0 Å². The lowest BCUT2D eigenvalue weighted by molar-refractivity contribution is 0.594. The first-order valence-electron chi connectivity index (χ1n) is 5.22. The highest BCUT2D eigenvalue weighted by atomic mass is 32.1. The molecule has 1 heterocycles. The summed E-state index contributed by atoms with van der Waals surface area (Å²) in [6, 6.07) is 12.9. The van der Waals surface area contributed by atoms with Crippen LogP contribution in [0.3, 0.4) is 0 Å². The summed E-state index contributed by atoms with van der Waals surface area (Å²) in [6.07, 6.45) is 0. The average Bonchev–Trinajstić information content (AvgIpc) is 2.67. The molecule has 2 aromatic rings. The van der Waals surface area contributed by atoms with Crippen LogP contribution in [0.15, 0.2) is 41.8 Å². The number of benzene rings is 1. The van der Waals surface area contributed by atoms with Crippen molar-refractivity contribution in [1.29, 1.82) is 0 Å². The fourth-order valence-corrected chi connectivity index (χ4v) is 2.83. The third-order valence-electron chi connectivity index (χ3n) is 2.51. The summed E-state index contributed by atoms with van der Waals surface area (Å²) in [5, 5.41) is 2.18. The van der Waals surface area contributed by atoms with Crippen molar-refractivity contribution in [2.75, 3.05) is 0 Å². The van der Waals surface area contributed by atoms with E-state index in [-0.39, 0.29) is 5.41 Å². The predicted molar refractivity (Wildman–Crippen MR) is 68.5 cm³/mol. The van der Waals surface area contributed by atoms with Crippen LogP contribution < -0.4 is 0 Å². The van der Waals surface area contributed by atoms with E-state index in [1.165, 1.54) is 16.0 Å². The molecule has 0 amide bonds. The first-order chi connectivity index (χ1) is 7.09. The summed E-state index contributed by atoms with van der Waals surface area (Å²) in [5.74, 6) is 0. The van der Waals surface area contributed by atoms with Crippen LogP contribution in [0.5, 0.6) is 0 Å². The largest absolute Gasteiger partial charge is 0.144 e. The molecule has 0 unspecified atom stereocenters. The van der Waals surface area contributed by atoms with Crippen molar-refractivity contribution < 1.29 is 0 Å². The van der Waals surface area contributed by atoms with E-state index in [0.29, 0.717) is 0 Å². The Morgan fingerprint density at radius 3 is 2.20 bits per heavy atom. The average molecular weight is 216 g/mol. The summed E-state index contributed by atoms with van der Waals surface area (Å²) in [7, 11) is 0. The molecule has 0 aliphatic rings. The Morgan fingerprint density at radius 2 is 1.60 bits per heavy atom. The molecule has 0 radical (unpaired) electrons. The van der Waals surface area contributed by atoms with Gasteiger partial charge in [0.05, 0.1) is 0 Å². The number of hydrogen-bond acceptors (Lipinski definition) is 1. The molecule has 0 nitrogen and oxygen atoms in total. The van der Waals surface area contributed by atoms with Gasteiger partial charge < -0.3 is 0 Å². The Morgan fingerprint density at radius 1 is 0.933 bits per heavy atom. The molecule has 78 valence electrons. The molecule has 0 spiro atoms. The minimum absolute atomic E-state index is 0.227. The zero-order valence-electron chi connectivity index (χ0n) is 9.45. The van der Waals surface area contributed by atoms with E-state index < -0.39 is 0 Å². The summed E-state index contributed by atoms with van der Waals surface area (Å²) in [5.41, 5.74) is 3.00. The smallest absolute Gasteiger partial charge is 0.0380 e. The van der Waals surface area contributed by atoms with Crippen LogP contribution in [0.1, 0.15) is 26.3 Å². The molecule has 1 heteroatoms. The van der Waals surface area contributed by atoms with Gasteiger partial charge in [-0.15, -0.1) is 11.3 Å². The van der Waals surface area contributed by atoms with Gasteiger partial charge in [0.25, 0.3) is 0 Å². The van der Waals surface area contributed by atoms with Crippen molar-refractivity contribution in [1.82, 2.24) is 0 Å². The molecule has 0 bridgehead atoms. The lowest BCUT2D eigenvalue weighted by Gasteiger charge is -2.19. The minimum atomic E-state index is 0.227. The molecule has 0 fully saturated rings. The zero-order valence-corrected chi connectivity index (χ0v) is 10.3. The third kappa shape index (κ3) is 2.13. The normalized spacial score (nSPS) is 11.7. The maximum atomic E-state index is 2.27. The lowest BCUT2D eigenvalue weighted by atomic mass is 9.86. The fraction of sp³-hybridized carbons (Fsp3) is 0.286. The van der Waals surface area contributed by atoms with Crippen LogP contribution in [-0.4, -0.2) is 0 Å². The van der Waals surface area contributed by atoms with Crippen LogP contribution in [0.25, 0.3) is 10.4 Å². The van der Waals surface area contributed by atoms with Gasteiger partial charge in [-0.3, -0.25) is 0 Å². The van der Waals surface area contributed by atoms with Crippen LogP contribution in [0.2, 0.25) is 0 Å². The molecule has 0 saturated heterocycles. The van der Waals surface area contributed by atoms with Gasteiger partial charge in [0.1, 0.15) is 0 Å². The summed E-state index contributed by atoms with van der Waals surface area (Å²) in [4.78, 5) is 1.41. The molecule has 0 atom stereocenters. The number of thiophene rings is 1. The molecule has 2 rings (SSSR count). The van der Waals surface area contributed by atoms with Gasteiger partial charge in [-0.25, -0.2) is 0 Å². The zero-order chi connectivity index (χ0) is 10.9. The van der Waals surface area contributed by atoms with E-state index >= 15 is 0 Å². The van der Waals surface area contributed by atoms with Crippen LogP contribution in [-0.2, 0) is 5.41 Å². The summed E-state index contributed by atoms with van der Waals surface area (Å²) < 4.78 is 0. The Labute approximate surface area is 95.6 Å². The second kappa shape index (κ2) is 3.82. The quantitative estimate of drug-likeness (QED) is 0.647. The van der Waals surface area contributed by atoms with Gasteiger partial charge >= 0.3 is 0 Å². The van der Waals surface area contributed by atoms with Crippen LogP contribution >= 0.6 is 11.3 Å². The second-order valence-corrected chi connectivity index (χ2v) is 5.70. The van der Waals surface area contributed by atoms with E-state index in [1.807, 2.05) is 11.3 Å². The number of hydrogen-bond donors (Lipinski definition) is 0. The summed E-state index contributed by atoms with van der Waals surface area (Å²) in [6.45, 7) is 6.80. The van der Waals surface area contributed by atoms with Gasteiger partial charge in [-0.05, 0) is 28.0 Å². The van der Waals surface area contributed by atoms with E-state index in [2.05, 4.69) is 62.5 Å². The highest BCUT2D eigenvalue weighted by molar-refractivity contribution is 7.13. The van der Waals surface area contributed by atoms with E-state index in [0.717, 1.165) is 0 Å². The molecule has 0 N–H and O–H groups in total. The van der Waals surface area contributed by atoms with Crippen molar-refractivity contribution in [3.05, 3.63) is 47.3 Å². The van der Waals surface area contributed by atoms with E-state index in [1.54, 1.807) is 0 Å². The van der Waals surface area contributed by atoms with E-state index in [4.69, 9.17) is 0 Å². The highest BCUT2D eigenvalue weighted by Gasteiger charge is 2.19. The maximum absolute atomic E-state index is 2.27. The molecule has 15 heavy (non-hydrogen) atoms. The Kier molecular flexibility index (Phi) is 2.66. The van der Waals surface area contributed by atoms with Crippen molar-refractivity contribution >= 4 is 11.3 Å². The third-order valence-corrected chi connectivity index (χ3v) is 3.47.